The highest BCUT2D eigenvalue weighted by Crippen LogP contribution is 2.36. The molecular weight excluding hydrogens is 214 g/mol. The third kappa shape index (κ3) is 4.94. The Hall–Kier alpha value is -0.120. The Bertz CT molecular complexity index is 199. The molecule has 0 spiro atoms. The van der Waals surface area contributed by atoms with Gasteiger partial charge in [0, 0.05) is 19.8 Å². The molecule has 0 aromatic heterocycles. The maximum atomic E-state index is 10.3. The molecule has 1 saturated carbocycles. The third-order valence-corrected chi connectivity index (χ3v) is 4.03. The Morgan fingerprint density at radius 3 is 2.82 bits per heavy atom. The van der Waals surface area contributed by atoms with Crippen LogP contribution in [0.3, 0.4) is 0 Å². The summed E-state index contributed by atoms with van der Waals surface area (Å²) in [7, 11) is 0. The summed E-state index contributed by atoms with van der Waals surface area (Å²) >= 11 is 0. The molecule has 0 heterocycles. The van der Waals surface area contributed by atoms with E-state index in [1.807, 2.05) is 0 Å². The van der Waals surface area contributed by atoms with Crippen LogP contribution < -0.4 is 5.73 Å². The van der Waals surface area contributed by atoms with Crippen molar-refractivity contribution < 1.29 is 9.84 Å². The average Bonchev–Trinajstić information content (AvgIpc) is 2.71. The lowest BCUT2D eigenvalue weighted by molar-refractivity contribution is -0.00450. The predicted octanol–water partition coefficient (Wildman–Crippen LogP) is 2.46. The standard InChI is InChI=1S/C14H29NO2/c1-2-3-4-5-10-17-11-8-13-7-6-9-14(13,16)12-15/h13,16H,2-12,15H2,1H3. The van der Waals surface area contributed by atoms with Crippen molar-refractivity contribution in [1.82, 2.24) is 0 Å². The van der Waals surface area contributed by atoms with Gasteiger partial charge in [-0.05, 0) is 31.6 Å². The predicted molar refractivity (Wildman–Crippen MR) is 70.9 cm³/mol. The number of aliphatic hydroxyl groups is 1. The summed E-state index contributed by atoms with van der Waals surface area (Å²) in [6.45, 7) is 4.26. The van der Waals surface area contributed by atoms with Crippen molar-refractivity contribution in [1.29, 1.82) is 0 Å². The minimum atomic E-state index is -0.606. The highest BCUT2D eigenvalue weighted by Gasteiger charge is 2.39. The van der Waals surface area contributed by atoms with Gasteiger partial charge in [-0.25, -0.2) is 0 Å². The number of hydrogen-bond acceptors (Lipinski definition) is 3. The molecule has 0 aromatic carbocycles. The van der Waals surface area contributed by atoms with E-state index in [4.69, 9.17) is 10.5 Å². The molecule has 1 fully saturated rings. The van der Waals surface area contributed by atoms with E-state index in [0.29, 0.717) is 12.5 Å². The normalized spacial score (nSPS) is 28.8. The van der Waals surface area contributed by atoms with E-state index in [0.717, 1.165) is 38.9 Å². The molecule has 1 aliphatic carbocycles. The van der Waals surface area contributed by atoms with Crippen molar-refractivity contribution in [3.63, 3.8) is 0 Å². The number of rotatable bonds is 9. The summed E-state index contributed by atoms with van der Waals surface area (Å²) in [5.74, 6) is 0.350. The van der Waals surface area contributed by atoms with Gasteiger partial charge in [-0.2, -0.15) is 0 Å². The third-order valence-electron chi connectivity index (χ3n) is 4.03. The molecule has 1 aliphatic rings. The SMILES string of the molecule is CCCCCCOCCC1CCCC1(O)CN. The number of nitrogens with two attached hydrogens (primary N) is 1. The summed E-state index contributed by atoms with van der Waals surface area (Å²) < 4.78 is 5.63. The van der Waals surface area contributed by atoms with Gasteiger partial charge in [0.2, 0.25) is 0 Å². The van der Waals surface area contributed by atoms with Gasteiger partial charge in [0.1, 0.15) is 0 Å². The smallest absolute Gasteiger partial charge is 0.0798 e. The van der Waals surface area contributed by atoms with E-state index >= 15 is 0 Å². The fourth-order valence-electron chi connectivity index (χ4n) is 2.77. The second-order valence-corrected chi connectivity index (χ2v) is 5.36. The average molecular weight is 243 g/mol. The van der Waals surface area contributed by atoms with E-state index < -0.39 is 5.60 Å². The molecule has 17 heavy (non-hydrogen) atoms. The van der Waals surface area contributed by atoms with Gasteiger partial charge in [-0.3, -0.25) is 0 Å². The Balaban J connectivity index is 2.02. The molecule has 102 valence electrons. The summed E-state index contributed by atoms with van der Waals surface area (Å²) in [5.41, 5.74) is 5.05. The zero-order chi connectivity index (χ0) is 12.6. The topological polar surface area (TPSA) is 55.5 Å². The second-order valence-electron chi connectivity index (χ2n) is 5.36. The van der Waals surface area contributed by atoms with E-state index in [-0.39, 0.29) is 0 Å². The fourth-order valence-corrected chi connectivity index (χ4v) is 2.77. The molecule has 0 saturated heterocycles. The quantitative estimate of drug-likeness (QED) is 0.612. The molecule has 3 heteroatoms. The van der Waals surface area contributed by atoms with Crippen LogP contribution in [0.4, 0.5) is 0 Å². The lowest BCUT2D eigenvalue weighted by Gasteiger charge is -2.28. The molecular formula is C14H29NO2. The van der Waals surface area contributed by atoms with Crippen LogP contribution in [0.1, 0.15) is 58.3 Å². The van der Waals surface area contributed by atoms with Crippen LogP contribution in [-0.2, 0) is 4.74 Å². The Morgan fingerprint density at radius 2 is 2.12 bits per heavy atom. The monoisotopic (exact) mass is 243 g/mol. The molecule has 3 N–H and O–H groups in total. The summed E-state index contributed by atoms with van der Waals surface area (Å²) in [6.07, 6.45) is 9.05. The van der Waals surface area contributed by atoms with Crippen LogP contribution in [-0.4, -0.2) is 30.5 Å². The summed E-state index contributed by atoms with van der Waals surface area (Å²) in [5, 5.41) is 10.3. The minimum absolute atomic E-state index is 0.350. The van der Waals surface area contributed by atoms with Crippen LogP contribution in [0.15, 0.2) is 0 Å². The number of hydrogen-bond donors (Lipinski definition) is 2. The van der Waals surface area contributed by atoms with Gasteiger partial charge >= 0.3 is 0 Å². The summed E-state index contributed by atoms with van der Waals surface area (Å²) in [6, 6.07) is 0. The van der Waals surface area contributed by atoms with Crippen molar-refractivity contribution in [2.24, 2.45) is 11.7 Å². The lowest BCUT2D eigenvalue weighted by atomic mass is 9.88. The van der Waals surface area contributed by atoms with E-state index in [1.165, 1.54) is 25.7 Å². The number of unbranched alkanes of at least 4 members (excludes halogenated alkanes) is 3. The summed E-state index contributed by atoms with van der Waals surface area (Å²) in [4.78, 5) is 0. The van der Waals surface area contributed by atoms with Gasteiger partial charge in [0.15, 0.2) is 0 Å². The van der Waals surface area contributed by atoms with Gasteiger partial charge in [-0.15, -0.1) is 0 Å². The van der Waals surface area contributed by atoms with Crippen LogP contribution in [0.2, 0.25) is 0 Å². The molecule has 0 bridgehead atoms. The largest absolute Gasteiger partial charge is 0.388 e. The molecule has 1 rings (SSSR count). The molecule has 0 aromatic rings. The van der Waals surface area contributed by atoms with E-state index in [2.05, 4.69) is 6.92 Å². The zero-order valence-electron chi connectivity index (χ0n) is 11.3. The molecule has 0 aliphatic heterocycles. The first-order valence-corrected chi connectivity index (χ1v) is 7.23. The Labute approximate surface area is 106 Å². The van der Waals surface area contributed by atoms with Crippen LogP contribution in [0.5, 0.6) is 0 Å². The van der Waals surface area contributed by atoms with Crippen molar-refractivity contribution in [2.45, 2.75) is 63.9 Å². The van der Waals surface area contributed by atoms with Gasteiger partial charge in [0.25, 0.3) is 0 Å². The lowest BCUT2D eigenvalue weighted by Crippen LogP contribution is -2.41. The molecule has 2 unspecified atom stereocenters. The Morgan fingerprint density at radius 1 is 1.29 bits per heavy atom. The molecule has 3 nitrogen and oxygen atoms in total. The maximum Gasteiger partial charge on any atom is 0.0798 e. The van der Waals surface area contributed by atoms with Gasteiger partial charge in [0.05, 0.1) is 5.60 Å². The first-order valence-electron chi connectivity index (χ1n) is 7.23. The van der Waals surface area contributed by atoms with Gasteiger partial charge < -0.3 is 15.6 Å². The van der Waals surface area contributed by atoms with Crippen molar-refractivity contribution in [2.75, 3.05) is 19.8 Å². The Kier molecular flexibility index (Phi) is 7.09. The van der Waals surface area contributed by atoms with Crippen LogP contribution in [0.25, 0.3) is 0 Å². The van der Waals surface area contributed by atoms with Crippen LogP contribution >= 0.6 is 0 Å². The van der Waals surface area contributed by atoms with Crippen molar-refractivity contribution in [3.8, 4) is 0 Å². The van der Waals surface area contributed by atoms with Crippen LogP contribution in [0, 0.1) is 5.92 Å². The fraction of sp³-hybridized carbons (Fsp3) is 1.00. The minimum Gasteiger partial charge on any atom is -0.388 e. The first-order chi connectivity index (χ1) is 8.23. The highest BCUT2D eigenvalue weighted by molar-refractivity contribution is 4.92. The van der Waals surface area contributed by atoms with Crippen molar-refractivity contribution >= 4 is 0 Å². The molecule has 0 amide bonds. The van der Waals surface area contributed by atoms with E-state index in [9.17, 15) is 5.11 Å². The maximum absolute atomic E-state index is 10.3. The van der Waals surface area contributed by atoms with E-state index in [1.54, 1.807) is 0 Å². The second kappa shape index (κ2) is 8.06. The molecule has 0 radical (unpaired) electrons. The van der Waals surface area contributed by atoms with Gasteiger partial charge in [-0.1, -0.05) is 32.6 Å². The molecule has 2 atom stereocenters. The first kappa shape index (κ1) is 14.9. The highest BCUT2D eigenvalue weighted by atomic mass is 16.5. The van der Waals surface area contributed by atoms with Crippen molar-refractivity contribution in [3.05, 3.63) is 0 Å². The zero-order valence-corrected chi connectivity index (χ0v) is 11.3. The number of ether oxygens (including phenoxy) is 1.